The smallest absolute Gasteiger partial charge is 0.245 e. The van der Waals surface area contributed by atoms with Gasteiger partial charge in [-0.15, -0.1) is 11.3 Å². The second-order valence-electron chi connectivity index (χ2n) is 6.81. The average molecular weight is 346 g/mol. The van der Waals surface area contributed by atoms with Gasteiger partial charge in [0.25, 0.3) is 0 Å². The molecule has 6 nitrogen and oxygen atoms in total. The number of anilines is 1. The standard InChI is InChI=1S/C17H22N4O2S/c1-20(9-14(22)11-4-5-11)17(23)13-3-2-7-21(13)15-12-6-8-24-16(12)19-10-18-15/h6,8,10-11,13-14,22H,2-5,7,9H2,1H3/t13-,14-/m0/s1. The fourth-order valence-corrected chi connectivity index (χ4v) is 4.27. The lowest BCUT2D eigenvalue weighted by Crippen LogP contribution is -2.47. The first-order valence-corrected chi connectivity index (χ1v) is 9.41. The van der Waals surface area contributed by atoms with Crippen molar-refractivity contribution >= 4 is 33.3 Å². The van der Waals surface area contributed by atoms with Gasteiger partial charge in [-0.05, 0) is 43.0 Å². The van der Waals surface area contributed by atoms with E-state index in [4.69, 9.17) is 0 Å². The molecular formula is C17H22N4O2S. The molecule has 4 rings (SSSR count). The third-order valence-electron chi connectivity index (χ3n) is 5.05. The number of hydrogen-bond acceptors (Lipinski definition) is 6. The van der Waals surface area contributed by atoms with Gasteiger partial charge in [-0.2, -0.15) is 0 Å². The molecule has 2 aromatic rings. The van der Waals surface area contributed by atoms with E-state index in [2.05, 4.69) is 14.9 Å². The van der Waals surface area contributed by atoms with Crippen molar-refractivity contribution in [3.63, 3.8) is 0 Å². The summed E-state index contributed by atoms with van der Waals surface area (Å²) < 4.78 is 0. The van der Waals surface area contributed by atoms with E-state index in [-0.39, 0.29) is 11.9 Å². The first kappa shape index (κ1) is 15.8. The van der Waals surface area contributed by atoms with Crippen LogP contribution < -0.4 is 4.90 Å². The third-order valence-corrected chi connectivity index (χ3v) is 5.87. The van der Waals surface area contributed by atoms with Gasteiger partial charge in [-0.3, -0.25) is 4.79 Å². The zero-order valence-electron chi connectivity index (χ0n) is 13.8. The van der Waals surface area contributed by atoms with Crippen LogP contribution in [0.5, 0.6) is 0 Å². The number of fused-ring (bicyclic) bond motifs is 1. The lowest BCUT2D eigenvalue weighted by molar-refractivity contribution is -0.132. The molecule has 3 heterocycles. The zero-order chi connectivity index (χ0) is 16.7. The third kappa shape index (κ3) is 2.86. The highest BCUT2D eigenvalue weighted by Gasteiger charge is 2.36. The molecular weight excluding hydrogens is 324 g/mol. The number of thiophene rings is 1. The predicted molar refractivity (Wildman–Crippen MR) is 94.2 cm³/mol. The summed E-state index contributed by atoms with van der Waals surface area (Å²) in [6.07, 6.45) is 5.15. The monoisotopic (exact) mass is 346 g/mol. The molecule has 2 atom stereocenters. The Balaban J connectivity index is 1.53. The van der Waals surface area contributed by atoms with E-state index in [1.165, 1.54) is 0 Å². The number of aliphatic hydroxyl groups excluding tert-OH is 1. The summed E-state index contributed by atoms with van der Waals surface area (Å²) in [6.45, 7) is 1.25. The van der Waals surface area contributed by atoms with Crippen molar-refractivity contribution in [3.05, 3.63) is 17.8 Å². The molecule has 0 bridgehead atoms. The Bertz CT molecular complexity index is 745. The maximum absolute atomic E-state index is 12.9. The van der Waals surface area contributed by atoms with Crippen molar-refractivity contribution in [1.82, 2.24) is 14.9 Å². The van der Waals surface area contributed by atoms with Gasteiger partial charge in [0.15, 0.2) is 0 Å². The molecule has 24 heavy (non-hydrogen) atoms. The molecule has 1 aliphatic carbocycles. The lowest BCUT2D eigenvalue weighted by atomic mass is 10.1. The lowest BCUT2D eigenvalue weighted by Gasteiger charge is -2.30. The van der Waals surface area contributed by atoms with Crippen LogP contribution in [0.3, 0.4) is 0 Å². The van der Waals surface area contributed by atoms with Crippen LogP contribution >= 0.6 is 11.3 Å². The largest absolute Gasteiger partial charge is 0.391 e. The molecule has 7 heteroatoms. The SMILES string of the molecule is CN(C[C@H](O)C1CC1)C(=O)[C@@H]1CCCN1c1ncnc2sccc12. The summed E-state index contributed by atoms with van der Waals surface area (Å²) in [7, 11) is 1.80. The molecule has 2 aromatic heterocycles. The van der Waals surface area contributed by atoms with Crippen molar-refractivity contribution in [3.8, 4) is 0 Å². The molecule has 0 aromatic carbocycles. The molecule has 0 unspecified atom stereocenters. The quantitative estimate of drug-likeness (QED) is 0.895. The van der Waals surface area contributed by atoms with Gasteiger partial charge in [0.1, 0.15) is 23.0 Å². The average Bonchev–Trinajstić information content (AvgIpc) is 3.13. The number of carbonyl (C=O) groups excluding carboxylic acids is 1. The number of likely N-dealkylation sites (N-methyl/N-ethyl adjacent to an activating group) is 1. The number of amides is 1. The second-order valence-corrected chi connectivity index (χ2v) is 7.71. The van der Waals surface area contributed by atoms with Gasteiger partial charge < -0.3 is 14.9 Å². The van der Waals surface area contributed by atoms with Crippen LogP contribution in [-0.2, 0) is 4.79 Å². The number of hydrogen-bond donors (Lipinski definition) is 1. The van der Waals surface area contributed by atoms with Gasteiger partial charge in [0, 0.05) is 20.1 Å². The molecule has 1 saturated carbocycles. The molecule has 128 valence electrons. The van der Waals surface area contributed by atoms with E-state index in [9.17, 15) is 9.90 Å². The first-order chi connectivity index (χ1) is 11.6. The summed E-state index contributed by atoms with van der Waals surface area (Å²) in [6, 6.07) is 1.83. The topological polar surface area (TPSA) is 69.6 Å². The zero-order valence-corrected chi connectivity index (χ0v) is 14.6. The number of nitrogens with zero attached hydrogens (tertiary/aromatic N) is 4. The minimum absolute atomic E-state index is 0.0780. The summed E-state index contributed by atoms with van der Waals surface area (Å²) >= 11 is 1.59. The summed E-state index contributed by atoms with van der Waals surface area (Å²) in [5.74, 6) is 1.31. The van der Waals surface area contributed by atoms with E-state index >= 15 is 0 Å². The fourth-order valence-electron chi connectivity index (χ4n) is 3.54. The number of aromatic nitrogens is 2. The highest BCUT2D eigenvalue weighted by molar-refractivity contribution is 7.16. The Labute approximate surface area is 145 Å². The molecule has 1 amide bonds. The summed E-state index contributed by atoms with van der Waals surface area (Å²) in [5, 5.41) is 13.1. The molecule has 1 saturated heterocycles. The Morgan fingerprint density at radius 2 is 2.29 bits per heavy atom. The van der Waals surface area contributed by atoms with E-state index in [1.54, 1.807) is 29.6 Å². The van der Waals surface area contributed by atoms with Crippen LogP contribution in [0, 0.1) is 5.92 Å². The van der Waals surface area contributed by atoms with E-state index in [0.717, 1.165) is 48.3 Å². The molecule has 0 spiro atoms. The van der Waals surface area contributed by atoms with E-state index in [0.29, 0.717) is 12.5 Å². The van der Waals surface area contributed by atoms with Crippen molar-refractivity contribution in [2.24, 2.45) is 5.92 Å². The van der Waals surface area contributed by atoms with Crippen LogP contribution in [0.2, 0.25) is 0 Å². The van der Waals surface area contributed by atoms with E-state index < -0.39 is 6.10 Å². The van der Waals surface area contributed by atoms with Crippen molar-refractivity contribution in [2.75, 3.05) is 25.0 Å². The van der Waals surface area contributed by atoms with Crippen LogP contribution in [-0.4, -0.2) is 58.2 Å². The Morgan fingerprint density at radius 1 is 1.46 bits per heavy atom. The second kappa shape index (κ2) is 6.29. The van der Waals surface area contributed by atoms with Gasteiger partial charge >= 0.3 is 0 Å². The highest BCUT2D eigenvalue weighted by Crippen LogP contribution is 2.34. The molecule has 1 N–H and O–H groups in total. The van der Waals surface area contributed by atoms with Crippen molar-refractivity contribution in [2.45, 2.75) is 37.8 Å². The van der Waals surface area contributed by atoms with Gasteiger partial charge in [0.2, 0.25) is 5.91 Å². The fraction of sp³-hybridized carbons (Fsp3) is 0.588. The van der Waals surface area contributed by atoms with Crippen LogP contribution in [0.25, 0.3) is 10.2 Å². The minimum atomic E-state index is -0.392. The predicted octanol–water partition coefficient (Wildman–Crippen LogP) is 1.89. The summed E-state index contributed by atoms with van der Waals surface area (Å²) in [5.41, 5.74) is 0. The maximum atomic E-state index is 12.9. The number of carbonyl (C=O) groups is 1. The van der Waals surface area contributed by atoms with Gasteiger partial charge in [-0.1, -0.05) is 0 Å². The van der Waals surface area contributed by atoms with Crippen molar-refractivity contribution < 1.29 is 9.90 Å². The Morgan fingerprint density at radius 3 is 3.08 bits per heavy atom. The normalized spacial score (nSPS) is 22.1. The molecule has 0 radical (unpaired) electrons. The van der Waals surface area contributed by atoms with Crippen LogP contribution in [0.15, 0.2) is 17.8 Å². The van der Waals surface area contributed by atoms with Gasteiger partial charge in [0.05, 0.1) is 11.5 Å². The maximum Gasteiger partial charge on any atom is 0.245 e. The minimum Gasteiger partial charge on any atom is -0.391 e. The number of aliphatic hydroxyl groups is 1. The van der Waals surface area contributed by atoms with Gasteiger partial charge in [-0.25, -0.2) is 9.97 Å². The molecule has 2 fully saturated rings. The van der Waals surface area contributed by atoms with Crippen LogP contribution in [0.4, 0.5) is 5.82 Å². The molecule has 1 aliphatic heterocycles. The number of rotatable bonds is 5. The molecule has 2 aliphatic rings. The highest BCUT2D eigenvalue weighted by atomic mass is 32.1. The first-order valence-electron chi connectivity index (χ1n) is 8.53. The summed E-state index contributed by atoms with van der Waals surface area (Å²) in [4.78, 5) is 26.4. The van der Waals surface area contributed by atoms with E-state index in [1.807, 2.05) is 11.4 Å². The van der Waals surface area contributed by atoms with Crippen LogP contribution in [0.1, 0.15) is 25.7 Å². The Kier molecular flexibility index (Phi) is 4.14. The Hall–Kier alpha value is -1.73. The van der Waals surface area contributed by atoms with Crippen molar-refractivity contribution in [1.29, 1.82) is 0 Å².